The van der Waals surface area contributed by atoms with Crippen LogP contribution in [0.3, 0.4) is 0 Å². The number of aldehydes is 3. The fourth-order valence-electron chi connectivity index (χ4n) is 1.00. The highest BCUT2D eigenvalue weighted by atomic mass is 16.1. The van der Waals surface area contributed by atoms with Crippen LogP contribution in [0.2, 0.25) is 0 Å². The molecule has 0 spiro atoms. The van der Waals surface area contributed by atoms with Gasteiger partial charge in [0.25, 0.3) is 0 Å². The molecule has 0 aliphatic rings. The third-order valence-corrected chi connectivity index (χ3v) is 1.70. The predicted octanol–water partition coefficient (Wildman–Crippen LogP) is 0.926. The number of carbonyl (C=O) groups excluding carboxylic acids is 3. The fourth-order valence-corrected chi connectivity index (χ4v) is 1.00. The van der Waals surface area contributed by atoms with Crippen molar-refractivity contribution in [3.63, 3.8) is 0 Å². The van der Waals surface area contributed by atoms with E-state index in [-0.39, 0.29) is 18.8 Å². The lowest BCUT2D eigenvalue weighted by atomic mass is 9.94. The lowest BCUT2D eigenvalue weighted by Gasteiger charge is -2.08. The third kappa shape index (κ3) is 3.23. The molecule has 0 aromatic carbocycles. The molecule has 0 aliphatic heterocycles. The number of hydrogen-bond acceptors (Lipinski definition) is 3. The van der Waals surface area contributed by atoms with E-state index in [4.69, 9.17) is 0 Å². The van der Waals surface area contributed by atoms with Crippen molar-refractivity contribution < 1.29 is 14.4 Å². The Morgan fingerprint density at radius 1 is 1.17 bits per heavy atom. The highest BCUT2D eigenvalue weighted by molar-refractivity contribution is 5.76. The van der Waals surface area contributed by atoms with Gasteiger partial charge in [-0.3, -0.25) is 4.79 Å². The van der Waals surface area contributed by atoms with Crippen LogP contribution in [0.25, 0.3) is 0 Å². The first-order chi connectivity index (χ1) is 5.79. The molecule has 0 N–H and O–H groups in total. The zero-order valence-electron chi connectivity index (χ0n) is 7.03. The van der Waals surface area contributed by atoms with Gasteiger partial charge in [-0.1, -0.05) is 6.08 Å². The van der Waals surface area contributed by atoms with Gasteiger partial charge in [0.05, 0.1) is 0 Å². The summed E-state index contributed by atoms with van der Waals surface area (Å²) >= 11 is 0. The fraction of sp³-hybridized carbons (Fsp3) is 0.444. The maximum Gasteiger partial charge on any atom is 0.146 e. The van der Waals surface area contributed by atoms with E-state index in [1.165, 1.54) is 0 Å². The van der Waals surface area contributed by atoms with Crippen molar-refractivity contribution in [1.29, 1.82) is 0 Å². The average molecular weight is 168 g/mol. The van der Waals surface area contributed by atoms with E-state index in [1.54, 1.807) is 13.0 Å². The van der Waals surface area contributed by atoms with Crippen LogP contribution in [-0.4, -0.2) is 18.9 Å². The van der Waals surface area contributed by atoms with Crippen molar-refractivity contribution in [3.05, 3.63) is 11.6 Å². The maximum atomic E-state index is 10.4. The van der Waals surface area contributed by atoms with E-state index >= 15 is 0 Å². The standard InChI is InChI=1S/C9H12O3/c1-2-8(7-12)9(3-5-10)4-6-11/h2,5-7,9H,3-4H2,1H3/b8-2-. The Kier molecular flexibility index (Phi) is 5.79. The lowest BCUT2D eigenvalue weighted by Crippen LogP contribution is -2.06. The van der Waals surface area contributed by atoms with E-state index in [0.29, 0.717) is 11.9 Å². The van der Waals surface area contributed by atoms with Crippen molar-refractivity contribution in [2.75, 3.05) is 0 Å². The van der Waals surface area contributed by atoms with Gasteiger partial charge in [0.2, 0.25) is 0 Å². The average Bonchev–Trinajstić information content (AvgIpc) is 2.07. The first kappa shape index (κ1) is 10.8. The van der Waals surface area contributed by atoms with Gasteiger partial charge in [-0.15, -0.1) is 0 Å². The van der Waals surface area contributed by atoms with Crippen molar-refractivity contribution in [1.82, 2.24) is 0 Å². The van der Waals surface area contributed by atoms with Crippen LogP contribution >= 0.6 is 0 Å². The summed E-state index contributed by atoms with van der Waals surface area (Å²) in [4.78, 5) is 30.8. The summed E-state index contributed by atoms with van der Waals surface area (Å²) in [6, 6.07) is 0. The molecule has 0 rings (SSSR count). The molecule has 3 heteroatoms. The van der Waals surface area contributed by atoms with Crippen LogP contribution in [0.5, 0.6) is 0 Å². The summed E-state index contributed by atoms with van der Waals surface area (Å²) in [5.41, 5.74) is 0.522. The zero-order valence-corrected chi connectivity index (χ0v) is 7.03. The van der Waals surface area contributed by atoms with Crippen molar-refractivity contribution >= 4 is 18.9 Å². The molecule has 0 aromatic heterocycles. The molecule has 66 valence electrons. The monoisotopic (exact) mass is 168 g/mol. The van der Waals surface area contributed by atoms with Crippen LogP contribution in [0.4, 0.5) is 0 Å². The molecule has 0 aromatic rings. The Hall–Kier alpha value is -1.25. The Balaban J connectivity index is 4.34. The predicted molar refractivity (Wildman–Crippen MR) is 44.7 cm³/mol. The van der Waals surface area contributed by atoms with E-state index in [9.17, 15) is 14.4 Å². The second kappa shape index (κ2) is 6.46. The van der Waals surface area contributed by atoms with Gasteiger partial charge in [-0.25, -0.2) is 0 Å². The summed E-state index contributed by atoms with van der Waals surface area (Å²) in [6.07, 6.45) is 4.24. The number of hydrogen-bond donors (Lipinski definition) is 0. The van der Waals surface area contributed by atoms with Crippen molar-refractivity contribution in [3.8, 4) is 0 Å². The van der Waals surface area contributed by atoms with Gasteiger partial charge in [0, 0.05) is 12.8 Å². The zero-order chi connectivity index (χ0) is 9.40. The largest absolute Gasteiger partial charge is 0.303 e. The summed E-state index contributed by atoms with van der Waals surface area (Å²) in [5.74, 6) is -0.234. The molecule has 0 radical (unpaired) electrons. The van der Waals surface area contributed by atoms with Crippen LogP contribution in [0.15, 0.2) is 11.6 Å². The highest BCUT2D eigenvalue weighted by Crippen LogP contribution is 2.14. The Bertz CT molecular complexity index is 184. The molecule has 0 fully saturated rings. The van der Waals surface area contributed by atoms with Crippen LogP contribution in [-0.2, 0) is 14.4 Å². The van der Waals surface area contributed by atoms with Gasteiger partial charge in [-0.05, 0) is 18.4 Å². The van der Waals surface area contributed by atoms with E-state index in [1.807, 2.05) is 0 Å². The number of carbonyl (C=O) groups is 3. The summed E-state index contributed by atoms with van der Waals surface area (Å²) < 4.78 is 0. The quantitative estimate of drug-likeness (QED) is 0.438. The lowest BCUT2D eigenvalue weighted by molar-refractivity contribution is -0.110. The summed E-state index contributed by atoms with van der Waals surface area (Å²) in [6.45, 7) is 1.71. The number of rotatable bonds is 6. The van der Waals surface area contributed by atoms with Gasteiger partial charge < -0.3 is 9.59 Å². The van der Waals surface area contributed by atoms with E-state index in [2.05, 4.69) is 0 Å². The first-order valence-corrected chi connectivity index (χ1v) is 3.78. The minimum atomic E-state index is -0.234. The Morgan fingerprint density at radius 2 is 1.67 bits per heavy atom. The van der Waals surface area contributed by atoms with Gasteiger partial charge >= 0.3 is 0 Å². The van der Waals surface area contributed by atoms with Crippen molar-refractivity contribution in [2.45, 2.75) is 19.8 Å². The van der Waals surface area contributed by atoms with Crippen molar-refractivity contribution in [2.24, 2.45) is 5.92 Å². The van der Waals surface area contributed by atoms with Crippen LogP contribution in [0.1, 0.15) is 19.8 Å². The molecular formula is C9H12O3. The topological polar surface area (TPSA) is 51.2 Å². The maximum absolute atomic E-state index is 10.4. The number of allylic oxidation sites excluding steroid dienone is 2. The van der Waals surface area contributed by atoms with Crippen LogP contribution < -0.4 is 0 Å². The van der Waals surface area contributed by atoms with E-state index < -0.39 is 0 Å². The summed E-state index contributed by atoms with van der Waals surface area (Å²) in [5, 5.41) is 0. The SMILES string of the molecule is C/C=C(/C=O)C(CC=O)CC=O. The smallest absolute Gasteiger partial charge is 0.146 e. The molecule has 3 nitrogen and oxygen atoms in total. The molecule has 0 heterocycles. The van der Waals surface area contributed by atoms with Gasteiger partial charge in [0.1, 0.15) is 18.9 Å². The molecule has 0 amide bonds. The second-order valence-corrected chi connectivity index (χ2v) is 2.41. The van der Waals surface area contributed by atoms with E-state index in [0.717, 1.165) is 12.6 Å². The molecule has 12 heavy (non-hydrogen) atoms. The molecular weight excluding hydrogens is 156 g/mol. The minimum Gasteiger partial charge on any atom is -0.303 e. The van der Waals surface area contributed by atoms with Gasteiger partial charge in [-0.2, -0.15) is 0 Å². The molecule has 0 atom stereocenters. The summed E-state index contributed by atoms with van der Waals surface area (Å²) in [7, 11) is 0. The molecule has 0 bridgehead atoms. The third-order valence-electron chi connectivity index (χ3n) is 1.70. The second-order valence-electron chi connectivity index (χ2n) is 2.41. The normalized spacial score (nSPS) is 11.3. The van der Waals surface area contributed by atoms with Gasteiger partial charge in [0.15, 0.2) is 0 Å². The molecule has 0 aliphatic carbocycles. The first-order valence-electron chi connectivity index (χ1n) is 3.78. The molecule has 0 unspecified atom stereocenters. The Morgan fingerprint density at radius 3 is 1.92 bits per heavy atom. The highest BCUT2D eigenvalue weighted by Gasteiger charge is 2.11. The van der Waals surface area contributed by atoms with Crippen LogP contribution in [0, 0.1) is 5.92 Å². The molecule has 0 saturated heterocycles. The minimum absolute atomic E-state index is 0.233. The molecule has 0 saturated carbocycles. The Labute approximate surface area is 71.5 Å².